The minimum atomic E-state index is -0.401. The molecule has 162 valence electrons. The van der Waals surface area contributed by atoms with E-state index in [1.54, 1.807) is 12.1 Å². The summed E-state index contributed by atoms with van der Waals surface area (Å²) in [7, 11) is 0. The summed E-state index contributed by atoms with van der Waals surface area (Å²) in [6.07, 6.45) is 0. The minimum Gasteiger partial charge on any atom is -0.379 e. The summed E-state index contributed by atoms with van der Waals surface area (Å²) in [5, 5.41) is 17.5. The minimum absolute atomic E-state index is 0. The summed E-state index contributed by atoms with van der Waals surface area (Å²) in [6, 6.07) is 6.47. The Morgan fingerprint density at radius 1 is 1.28 bits per heavy atom. The largest absolute Gasteiger partial charge is 0.379 e. The number of benzene rings is 1. The number of nitro benzene ring substituents is 1. The van der Waals surface area contributed by atoms with Gasteiger partial charge in [0.2, 0.25) is 0 Å². The van der Waals surface area contributed by atoms with Crippen LogP contribution in [0.25, 0.3) is 0 Å². The molecule has 0 aromatic heterocycles. The molecule has 1 heterocycles. The Morgan fingerprint density at radius 3 is 2.45 bits per heavy atom. The van der Waals surface area contributed by atoms with Crippen LogP contribution >= 0.6 is 24.0 Å². The second kappa shape index (κ2) is 12.1. The lowest BCUT2D eigenvalue weighted by Gasteiger charge is -2.41. The van der Waals surface area contributed by atoms with Crippen LogP contribution in [-0.4, -0.2) is 60.7 Å². The highest BCUT2D eigenvalue weighted by Crippen LogP contribution is 2.15. The van der Waals surface area contributed by atoms with Crippen LogP contribution in [-0.2, 0) is 11.3 Å². The van der Waals surface area contributed by atoms with E-state index in [4.69, 9.17) is 4.74 Å². The smallest absolute Gasteiger partial charge is 0.269 e. The first-order valence-electron chi connectivity index (χ1n) is 9.50. The molecule has 0 saturated carbocycles. The Morgan fingerprint density at radius 2 is 1.90 bits per heavy atom. The number of nitrogens with zero attached hydrogens (tertiary/aromatic N) is 3. The van der Waals surface area contributed by atoms with Crippen LogP contribution in [0.5, 0.6) is 0 Å². The molecule has 1 saturated heterocycles. The van der Waals surface area contributed by atoms with Gasteiger partial charge in [-0.3, -0.25) is 15.0 Å². The molecule has 9 heteroatoms. The van der Waals surface area contributed by atoms with Gasteiger partial charge >= 0.3 is 0 Å². The first-order valence-corrected chi connectivity index (χ1v) is 9.50. The first-order chi connectivity index (χ1) is 13.3. The summed E-state index contributed by atoms with van der Waals surface area (Å²) in [5.74, 6) is 0.697. The number of nitrogens with one attached hydrogen (secondary N) is 2. The molecule has 0 atom stereocenters. The number of aliphatic imine (C=N–C) groups is 1. The van der Waals surface area contributed by atoms with Gasteiger partial charge in [-0.05, 0) is 26.3 Å². The Labute approximate surface area is 190 Å². The van der Waals surface area contributed by atoms with Gasteiger partial charge in [-0.25, -0.2) is 4.99 Å². The van der Waals surface area contributed by atoms with Crippen molar-refractivity contribution in [1.82, 2.24) is 15.5 Å². The van der Waals surface area contributed by atoms with Crippen LogP contribution in [0.3, 0.4) is 0 Å². The van der Waals surface area contributed by atoms with Gasteiger partial charge in [-0.2, -0.15) is 0 Å². The number of halogens is 1. The molecule has 1 fully saturated rings. The maximum absolute atomic E-state index is 10.8. The molecule has 8 nitrogen and oxygen atoms in total. The molecule has 1 aliphatic heterocycles. The molecule has 0 aliphatic carbocycles. The van der Waals surface area contributed by atoms with Crippen molar-refractivity contribution in [3.05, 3.63) is 52.1 Å². The van der Waals surface area contributed by atoms with Gasteiger partial charge < -0.3 is 15.4 Å². The standard InChI is InChI=1S/C20H31N5O3.HI/c1-16(2)13-21-19(22-14-17-5-7-18(8-6-17)25(26)27)23-15-20(3,4)24-9-11-28-12-10-24;/h5-8H,1,9-15H2,2-4H3,(H2,21,22,23);1H. The van der Waals surface area contributed by atoms with Crippen LogP contribution < -0.4 is 10.6 Å². The molecular formula is C20H32IN5O3. The molecule has 0 amide bonds. The van der Waals surface area contributed by atoms with Crippen LogP contribution in [0.1, 0.15) is 26.3 Å². The zero-order valence-corrected chi connectivity index (χ0v) is 19.8. The number of hydrogen-bond donors (Lipinski definition) is 2. The molecule has 0 unspecified atom stereocenters. The number of ether oxygens (including phenoxy) is 1. The average molecular weight is 517 g/mol. The van der Waals surface area contributed by atoms with Crippen molar-refractivity contribution < 1.29 is 9.66 Å². The number of rotatable bonds is 8. The molecule has 1 aromatic rings. The molecule has 1 aromatic carbocycles. The van der Waals surface area contributed by atoms with Gasteiger partial charge in [0, 0.05) is 43.9 Å². The third kappa shape index (κ3) is 8.67. The fourth-order valence-corrected chi connectivity index (χ4v) is 2.88. The summed E-state index contributed by atoms with van der Waals surface area (Å²) >= 11 is 0. The molecule has 1 aliphatic rings. The lowest BCUT2D eigenvalue weighted by atomic mass is 10.0. The highest BCUT2D eigenvalue weighted by atomic mass is 127. The summed E-state index contributed by atoms with van der Waals surface area (Å²) < 4.78 is 5.45. The Kier molecular flexibility index (Phi) is 10.5. The van der Waals surface area contributed by atoms with Gasteiger partial charge in [-0.15, -0.1) is 24.0 Å². The predicted molar refractivity (Wildman–Crippen MR) is 127 cm³/mol. The van der Waals surface area contributed by atoms with E-state index in [1.807, 2.05) is 6.92 Å². The van der Waals surface area contributed by atoms with Crippen LogP contribution in [0.2, 0.25) is 0 Å². The Bertz CT molecular complexity index is 701. The van der Waals surface area contributed by atoms with Crippen molar-refractivity contribution in [1.29, 1.82) is 0 Å². The normalized spacial score (nSPS) is 15.3. The van der Waals surface area contributed by atoms with E-state index in [-0.39, 0.29) is 35.2 Å². The van der Waals surface area contributed by atoms with Gasteiger partial charge in [0.25, 0.3) is 5.69 Å². The number of guanidine groups is 1. The summed E-state index contributed by atoms with van der Waals surface area (Å²) in [5.41, 5.74) is 1.97. The SMILES string of the molecule is C=C(C)CNC(=NCc1ccc([N+](=O)[O-])cc1)NCC(C)(C)N1CCOCC1.I. The summed E-state index contributed by atoms with van der Waals surface area (Å²) in [6.45, 7) is 15.4. The van der Waals surface area contributed by atoms with Crippen molar-refractivity contribution in [3.8, 4) is 0 Å². The van der Waals surface area contributed by atoms with Crippen molar-refractivity contribution in [2.24, 2.45) is 4.99 Å². The van der Waals surface area contributed by atoms with Crippen molar-refractivity contribution in [2.45, 2.75) is 32.9 Å². The second-order valence-corrected chi connectivity index (χ2v) is 7.66. The topological polar surface area (TPSA) is 92.0 Å². The summed E-state index contributed by atoms with van der Waals surface area (Å²) in [4.78, 5) is 17.4. The van der Waals surface area contributed by atoms with E-state index in [0.29, 0.717) is 19.0 Å². The monoisotopic (exact) mass is 517 g/mol. The molecule has 29 heavy (non-hydrogen) atoms. The fraction of sp³-hybridized carbons (Fsp3) is 0.550. The van der Waals surface area contributed by atoms with Crippen molar-refractivity contribution in [2.75, 3.05) is 39.4 Å². The molecule has 0 spiro atoms. The van der Waals surface area contributed by atoms with E-state index < -0.39 is 4.92 Å². The van der Waals surface area contributed by atoms with Crippen LogP contribution in [0, 0.1) is 10.1 Å². The van der Waals surface area contributed by atoms with Gasteiger partial charge in [0.15, 0.2) is 5.96 Å². The number of morpholine rings is 1. The van der Waals surface area contributed by atoms with Crippen molar-refractivity contribution in [3.63, 3.8) is 0 Å². The van der Waals surface area contributed by atoms with E-state index in [1.165, 1.54) is 12.1 Å². The lowest BCUT2D eigenvalue weighted by Crippen LogP contribution is -2.56. The Hall–Kier alpha value is -1.72. The first kappa shape index (κ1) is 25.3. The maximum Gasteiger partial charge on any atom is 0.269 e. The quantitative estimate of drug-likeness (QED) is 0.138. The van der Waals surface area contributed by atoms with E-state index in [2.05, 4.69) is 41.0 Å². The van der Waals surface area contributed by atoms with Crippen LogP contribution in [0.4, 0.5) is 5.69 Å². The van der Waals surface area contributed by atoms with Gasteiger partial charge in [0.1, 0.15) is 0 Å². The highest BCUT2D eigenvalue weighted by Gasteiger charge is 2.28. The fourth-order valence-electron chi connectivity index (χ4n) is 2.88. The molecule has 0 radical (unpaired) electrons. The average Bonchev–Trinajstić information content (AvgIpc) is 2.68. The number of nitro groups is 1. The maximum atomic E-state index is 10.8. The molecule has 0 bridgehead atoms. The lowest BCUT2D eigenvalue weighted by molar-refractivity contribution is -0.384. The van der Waals surface area contributed by atoms with Gasteiger partial charge in [-0.1, -0.05) is 24.3 Å². The second-order valence-electron chi connectivity index (χ2n) is 7.66. The zero-order valence-electron chi connectivity index (χ0n) is 17.4. The van der Waals surface area contributed by atoms with Crippen molar-refractivity contribution >= 4 is 35.6 Å². The molecular weight excluding hydrogens is 485 g/mol. The molecule has 2 N–H and O–H groups in total. The third-order valence-electron chi connectivity index (χ3n) is 4.68. The third-order valence-corrected chi connectivity index (χ3v) is 4.68. The predicted octanol–water partition coefficient (Wildman–Crippen LogP) is 2.93. The molecule has 2 rings (SSSR count). The number of non-ortho nitro benzene ring substituents is 1. The van der Waals surface area contributed by atoms with E-state index in [9.17, 15) is 10.1 Å². The van der Waals surface area contributed by atoms with Crippen LogP contribution in [0.15, 0.2) is 41.4 Å². The van der Waals surface area contributed by atoms with E-state index in [0.717, 1.165) is 44.0 Å². The van der Waals surface area contributed by atoms with Gasteiger partial charge in [0.05, 0.1) is 24.7 Å². The number of hydrogen-bond acceptors (Lipinski definition) is 5. The highest BCUT2D eigenvalue weighted by molar-refractivity contribution is 14.0. The zero-order chi connectivity index (χ0) is 20.6. The van der Waals surface area contributed by atoms with E-state index >= 15 is 0 Å². The Balaban J connectivity index is 0.00000420.